The van der Waals surface area contributed by atoms with Crippen molar-refractivity contribution in [2.45, 2.75) is 28.9 Å². The Bertz CT molecular complexity index is 1400. The minimum absolute atomic E-state index is 0.134. The molecule has 3 aromatic heterocycles. The Hall–Kier alpha value is -3.60. The number of pyridine rings is 2. The molecule has 0 aliphatic heterocycles. The zero-order valence-corrected chi connectivity index (χ0v) is 17.1. The number of aromatic amines is 1. The number of hydrogen-bond donors (Lipinski definition) is 1. The average molecular weight is 460 g/mol. The van der Waals surface area contributed by atoms with Gasteiger partial charge in [-0.1, -0.05) is 12.1 Å². The van der Waals surface area contributed by atoms with Gasteiger partial charge >= 0.3 is 6.18 Å². The van der Waals surface area contributed by atoms with Crippen molar-refractivity contribution in [3.63, 3.8) is 0 Å². The predicted molar refractivity (Wildman–Crippen MR) is 108 cm³/mol. The summed E-state index contributed by atoms with van der Waals surface area (Å²) in [6.45, 7) is 0. The van der Waals surface area contributed by atoms with Crippen LogP contribution in [0.3, 0.4) is 0 Å². The maximum absolute atomic E-state index is 12.9. The summed E-state index contributed by atoms with van der Waals surface area (Å²) in [7, 11) is -4.22. The number of H-pyrrole nitrogens is 1. The van der Waals surface area contributed by atoms with E-state index in [4.69, 9.17) is 0 Å². The zero-order chi connectivity index (χ0) is 22.9. The first-order chi connectivity index (χ1) is 15.1. The largest absolute Gasteiger partial charge is 0.416 e. The van der Waals surface area contributed by atoms with E-state index in [2.05, 4.69) is 20.2 Å². The molecule has 0 aliphatic rings. The van der Waals surface area contributed by atoms with Crippen molar-refractivity contribution in [3.05, 3.63) is 77.7 Å². The Morgan fingerprint density at radius 1 is 1.00 bits per heavy atom. The topological polar surface area (TPSA) is 106 Å². The highest BCUT2D eigenvalue weighted by Crippen LogP contribution is 2.31. The summed E-state index contributed by atoms with van der Waals surface area (Å²) in [6.07, 6.45) is -0.318. The van der Waals surface area contributed by atoms with Crippen molar-refractivity contribution in [2.75, 3.05) is 0 Å². The number of hydrogen-bond acceptors (Lipinski definition) is 6. The lowest BCUT2D eigenvalue weighted by Gasteiger charge is -2.09. The number of fused-ring (bicyclic) bond motifs is 1. The van der Waals surface area contributed by atoms with E-state index < -0.39 is 26.6 Å². The van der Waals surface area contributed by atoms with Gasteiger partial charge in [0.1, 0.15) is 0 Å². The number of alkyl halides is 3. The van der Waals surface area contributed by atoms with Gasteiger partial charge < -0.3 is 0 Å². The molecule has 0 radical (unpaired) electrons. The fraction of sp³-hybridized carbons (Fsp3) is 0.143. The molecule has 11 heteroatoms. The fourth-order valence-electron chi connectivity index (χ4n) is 3.08. The molecule has 32 heavy (non-hydrogen) atoms. The van der Waals surface area contributed by atoms with Crippen LogP contribution in [0, 0.1) is 0 Å². The molecular formula is C21H15F3N4O3S. The molecule has 0 spiro atoms. The summed E-state index contributed by atoms with van der Waals surface area (Å²) >= 11 is 0. The van der Waals surface area contributed by atoms with Crippen molar-refractivity contribution in [1.29, 1.82) is 0 Å². The molecule has 1 aromatic carbocycles. The lowest BCUT2D eigenvalue weighted by molar-refractivity contribution is -0.137. The van der Waals surface area contributed by atoms with Gasteiger partial charge in [0.25, 0.3) is 0 Å². The van der Waals surface area contributed by atoms with Gasteiger partial charge in [-0.2, -0.15) is 18.3 Å². The van der Waals surface area contributed by atoms with Gasteiger partial charge in [0.2, 0.25) is 9.84 Å². The number of nitrogens with zero attached hydrogens (tertiary/aromatic N) is 3. The van der Waals surface area contributed by atoms with Crippen LogP contribution in [0.5, 0.6) is 0 Å². The number of halogens is 3. The number of sulfone groups is 1. The Kier molecular flexibility index (Phi) is 5.51. The number of benzene rings is 1. The minimum atomic E-state index is -4.68. The van der Waals surface area contributed by atoms with E-state index in [0.717, 1.165) is 6.20 Å². The van der Waals surface area contributed by atoms with Gasteiger partial charge in [0.15, 0.2) is 16.5 Å². The van der Waals surface area contributed by atoms with Crippen LogP contribution >= 0.6 is 0 Å². The van der Waals surface area contributed by atoms with Crippen molar-refractivity contribution in [1.82, 2.24) is 20.2 Å². The van der Waals surface area contributed by atoms with Gasteiger partial charge in [0, 0.05) is 29.8 Å². The van der Waals surface area contributed by atoms with E-state index in [1.807, 2.05) is 0 Å². The highest BCUT2D eigenvalue weighted by Gasteiger charge is 2.32. The number of nitrogens with one attached hydrogen (secondary N) is 1. The molecule has 0 aliphatic carbocycles. The first kappa shape index (κ1) is 21.6. The second-order valence-electron chi connectivity index (χ2n) is 6.98. The molecule has 7 nitrogen and oxygen atoms in total. The van der Waals surface area contributed by atoms with Crippen LogP contribution in [-0.2, 0) is 22.4 Å². The molecule has 0 amide bonds. The third-order valence-electron chi connectivity index (χ3n) is 4.83. The smallest absolute Gasteiger partial charge is 0.294 e. The van der Waals surface area contributed by atoms with Gasteiger partial charge in [-0.25, -0.2) is 18.4 Å². The molecule has 0 saturated carbocycles. The molecular weight excluding hydrogens is 445 g/mol. The van der Waals surface area contributed by atoms with E-state index in [1.165, 1.54) is 30.5 Å². The van der Waals surface area contributed by atoms with Gasteiger partial charge in [-0.3, -0.25) is 9.89 Å². The number of aryl methyl sites for hydroxylation is 1. The highest BCUT2D eigenvalue weighted by atomic mass is 32.2. The van der Waals surface area contributed by atoms with Gasteiger partial charge in [-0.05, 0) is 42.3 Å². The van der Waals surface area contributed by atoms with E-state index in [0.29, 0.717) is 40.7 Å². The molecule has 0 bridgehead atoms. The summed E-state index contributed by atoms with van der Waals surface area (Å²) in [5, 5.41) is 6.59. The van der Waals surface area contributed by atoms with Crippen LogP contribution in [-0.4, -0.2) is 34.4 Å². The standard InChI is InChI=1S/C21H15F3N4O3S/c22-21(23,24)16-7-8-25-19(10-16)32(30,31)17-4-1-13(2-5-17)3-6-18(29)14-9-15-12-27-28-20(15)26-11-14/h1-2,4-5,7-12H,3,6H2,(H,26,27,28). The van der Waals surface area contributed by atoms with Crippen LogP contribution in [0.4, 0.5) is 13.2 Å². The van der Waals surface area contributed by atoms with Crippen molar-refractivity contribution in [3.8, 4) is 0 Å². The molecule has 164 valence electrons. The van der Waals surface area contributed by atoms with Crippen LogP contribution in [0.15, 0.2) is 71.0 Å². The van der Waals surface area contributed by atoms with Crippen molar-refractivity contribution in [2.24, 2.45) is 0 Å². The Morgan fingerprint density at radius 2 is 1.75 bits per heavy atom. The van der Waals surface area contributed by atoms with Crippen LogP contribution < -0.4 is 0 Å². The average Bonchev–Trinajstić information content (AvgIpc) is 3.25. The molecule has 0 unspecified atom stereocenters. The molecule has 3 heterocycles. The Labute approximate surface area is 180 Å². The third kappa shape index (κ3) is 4.37. The van der Waals surface area contributed by atoms with Crippen LogP contribution in [0.2, 0.25) is 0 Å². The molecule has 0 fully saturated rings. The maximum Gasteiger partial charge on any atom is 0.416 e. The van der Waals surface area contributed by atoms with Crippen molar-refractivity contribution >= 4 is 26.7 Å². The number of carbonyl (C=O) groups excluding carboxylic acids is 1. The second kappa shape index (κ2) is 8.15. The van der Waals surface area contributed by atoms with E-state index in [-0.39, 0.29) is 17.1 Å². The molecule has 0 atom stereocenters. The third-order valence-corrected chi connectivity index (χ3v) is 6.49. The number of aromatic nitrogens is 4. The zero-order valence-electron chi connectivity index (χ0n) is 16.3. The Morgan fingerprint density at radius 3 is 2.47 bits per heavy atom. The molecule has 0 saturated heterocycles. The van der Waals surface area contributed by atoms with E-state index in [9.17, 15) is 26.4 Å². The summed E-state index contributed by atoms with van der Waals surface area (Å²) < 4.78 is 64.0. The summed E-state index contributed by atoms with van der Waals surface area (Å²) in [4.78, 5) is 20.0. The Balaban J connectivity index is 1.47. The lowest BCUT2D eigenvalue weighted by atomic mass is 10.0. The van der Waals surface area contributed by atoms with Crippen molar-refractivity contribution < 1.29 is 26.4 Å². The number of carbonyl (C=O) groups is 1. The summed E-state index contributed by atoms with van der Waals surface area (Å²) in [5.74, 6) is -0.134. The maximum atomic E-state index is 12.9. The first-order valence-corrected chi connectivity index (χ1v) is 10.8. The summed E-state index contributed by atoms with van der Waals surface area (Å²) in [5.41, 5.74) is 0.623. The fourth-order valence-corrected chi connectivity index (χ4v) is 4.30. The quantitative estimate of drug-likeness (QED) is 0.436. The molecule has 4 rings (SSSR count). The normalized spacial score (nSPS) is 12.2. The van der Waals surface area contributed by atoms with Gasteiger partial charge in [0.05, 0.1) is 16.7 Å². The van der Waals surface area contributed by atoms with Crippen LogP contribution in [0.1, 0.15) is 27.9 Å². The summed E-state index contributed by atoms with van der Waals surface area (Å²) in [6, 6.07) is 8.51. The van der Waals surface area contributed by atoms with E-state index >= 15 is 0 Å². The second-order valence-corrected chi connectivity index (χ2v) is 8.88. The van der Waals surface area contributed by atoms with Gasteiger partial charge in [-0.15, -0.1) is 0 Å². The monoisotopic (exact) mass is 460 g/mol. The number of Topliss-reactive ketones (excluding diaryl/α,β-unsaturated/α-hetero) is 1. The lowest BCUT2D eigenvalue weighted by Crippen LogP contribution is -2.10. The molecule has 1 N–H and O–H groups in total. The van der Waals surface area contributed by atoms with Crippen LogP contribution in [0.25, 0.3) is 11.0 Å². The number of rotatable bonds is 6. The number of ketones is 1. The molecule has 4 aromatic rings. The minimum Gasteiger partial charge on any atom is -0.294 e. The predicted octanol–water partition coefficient (Wildman–Crippen LogP) is 4.02. The first-order valence-electron chi connectivity index (χ1n) is 9.34. The van der Waals surface area contributed by atoms with E-state index in [1.54, 1.807) is 12.3 Å². The SMILES string of the molecule is O=C(CCc1ccc(S(=O)(=O)c2cc(C(F)(F)F)ccn2)cc1)c1cnc2[nH]ncc2c1. The highest BCUT2D eigenvalue weighted by molar-refractivity contribution is 7.91.